The molecule has 0 bridgehead atoms. The quantitative estimate of drug-likeness (QED) is 0.548. The van der Waals surface area contributed by atoms with E-state index in [-0.39, 0.29) is 31.2 Å². The third-order valence-corrected chi connectivity index (χ3v) is 5.09. The largest absolute Gasteiger partial charge is 0.480 e. The van der Waals surface area contributed by atoms with Crippen molar-refractivity contribution in [3.05, 3.63) is 34.9 Å². The Kier molecular flexibility index (Phi) is 6.86. The molecule has 7 nitrogen and oxygen atoms in total. The Morgan fingerprint density at radius 3 is 2.58 bits per heavy atom. The molecule has 1 aliphatic carbocycles. The standard InChI is InChI=1S/C18H26ClN3O4/c1-3-22(10-16(23)24)13-8-12(9-13)21-17(25)20-11-18(2,26)14-6-4-5-7-15(14)19/h4-7,12-13,26H,3,8-11H2,1-2H3,(H,23,24)(H2,20,21,25). The van der Waals surface area contributed by atoms with Crippen LogP contribution in [0.3, 0.4) is 0 Å². The Morgan fingerprint density at radius 2 is 2.00 bits per heavy atom. The number of carbonyl (C=O) groups is 2. The number of rotatable bonds is 8. The van der Waals surface area contributed by atoms with Gasteiger partial charge in [-0.15, -0.1) is 0 Å². The molecule has 0 aromatic heterocycles. The minimum absolute atomic E-state index is 0.00751. The lowest BCUT2D eigenvalue weighted by molar-refractivity contribution is -0.139. The number of carbonyl (C=O) groups excluding carboxylic acids is 1. The molecule has 1 aromatic carbocycles. The predicted molar refractivity (Wildman–Crippen MR) is 99.3 cm³/mol. The van der Waals surface area contributed by atoms with Crippen LogP contribution in [-0.2, 0) is 10.4 Å². The van der Waals surface area contributed by atoms with E-state index in [4.69, 9.17) is 16.7 Å². The number of carboxylic acid groups (broad SMARTS) is 1. The van der Waals surface area contributed by atoms with Crippen molar-refractivity contribution in [2.24, 2.45) is 0 Å². The fraction of sp³-hybridized carbons (Fsp3) is 0.556. The molecule has 2 rings (SSSR count). The van der Waals surface area contributed by atoms with E-state index in [9.17, 15) is 14.7 Å². The van der Waals surface area contributed by atoms with E-state index in [1.807, 2.05) is 11.8 Å². The van der Waals surface area contributed by atoms with Crippen LogP contribution in [0.2, 0.25) is 5.02 Å². The van der Waals surface area contributed by atoms with Crippen molar-refractivity contribution in [3.8, 4) is 0 Å². The van der Waals surface area contributed by atoms with Gasteiger partial charge in [-0.05, 0) is 32.4 Å². The number of urea groups is 1. The first-order valence-corrected chi connectivity index (χ1v) is 9.08. The average Bonchev–Trinajstić information content (AvgIpc) is 2.54. The number of likely N-dealkylation sites (N-methyl/N-ethyl adjacent to an activating group) is 1. The maximum atomic E-state index is 12.1. The Morgan fingerprint density at radius 1 is 1.35 bits per heavy atom. The minimum atomic E-state index is -1.28. The van der Waals surface area contributed by atoms with Gasteiger partial charge in [0.2, 0.25) is 0 Å². The number of aliphatic hydroxyl groups is 1. The third kappa shape index (κ3) is 5.33. The highest BCUT2D eigenvalue weighted by Crippen LogP contribution is 2.27. The number of benzene rings is 1. The summed E-state index contributed by atoms with van der Waals surface area (Å²) < 4.78 is 0. The zero-order valence-electron chi connectivity index (χ0n) is 15.0. The number of hydrogen-bond donors (Lipinski definition) is 4. The van der Waals surface area contributed by atoms with Crippen LogP contribution in [0, 0.1) is 0 Å². The van der Waals surface area contributed by atoms with Crippen LogP contribution in [0.15, 0.2) is 24.3 Å². The SMILES string of the molecule is CCN(CC(=O)O)C1CC(NC(=O)NCC(C)(O)c2ccccc2Cl)C1. The number of carboxylic acids is 1. The molecule has 8 heteroatoms. The maximum absolute atomic E-state index is 12.1. The van der Waals surface area contributed by atoms with Gasteiger partial charge in [0.15, 0.2) is 0 Å². The lowest BCUT2D eigenvalue weighted by Gasteiger charge is -2.42. The highest BCUT2D eigenvalue weighted by Gasteiger charge is 2.35. The molecule has 1 aliphatic rings. The molecule has 1 unspecified atom stereocenters. The molecule has 1 fully saturated rings. The second kappa shape index (κ2) is 8.70. The number of halogens is 1. The summed E-state index contributed by atoms with van der Waals surface area (Å²) in [5, 5.41) is 25.4. The van der Waals surface area contributed by atoms with E-state index in [0.717, 1.165) is 12.8 Å². The second-order valence-electron chi connectivity index (χ2n) is 6.86. The Balaban J connectivity index is 1.77. The maximum Gasteiger partial charge on any atom is 0.317 e. The molecule has 1 aromatic rings. The topological polar surface area (TPSA) is 102 Å². The van der Waals surface area contributed by atoms with Crippen molar-refractivity contribution in [2.45, 2.75) is 44.4 Å². The molecule has 0 saturated heterocycles. The smallest absolute Gasteiger partial charge is 0.317 e. The van der Waals surface area contributed by atoms with E-state index >= 15 is 0 Å². The number of nitrogens with zero attached hydrogens (tertiary/aromatic N) is 1. The molecule has 4 N–H and O–H groups in total. The zero-order valence-corrected chi connectivity index (χ0v) is 15.8. The van der Waals surface area contributed by atoms with Gasteiger partial charge >= 0.3 is 12.0 Å². The van der Waals surface area contributed by atoms with Gasteiger partial charge in [-0.25, -0.2) is 4.79 Å². The summed E-state index contributed by atoms with van der Waals surface area (Å²) in [6.07, 6.45) is 1.44. The first-order chi connectivity index (χ1) is 12.2. The van der Waals surface area contributed by atoms with Crippen LogP contribution in [0.4, 0.5) is 4.79 Å². The van der Waals surface area contributed by atoms with E-state index in [0.29, 0.717) is 17.1 Å². The first-order valence-electron chi connectivity index (χ1n) is 8.70. The van der Waals surface area contributed by atoms with E-state index in [1.165, 1.54) is 0 Å². The highest BCUT2D eigenvalue weighted by molar-refractivity contribution is 6.31. The molecular weight excluding hydrogens is 358 g/mol. The van der Waals surface area contributed by atoms with Crippen LogP contribution < -0.4 is 10.6 Å². The van der Waals surface area contributed by atoms with Crippen molar-refractivity contribution < 1.29 is 19.8 Å². The van der Waals surface area contributed by atoms with Gasteiger partial charge in [-0.2, -0.15) is 0 Å². The van der Waals surface area contributed by atoms with Crippen LogP contribution >= 0.6 is 11.6 Å². The molecule has 0 spiro atoms. The number of amides is 2. The summed E-state index contributed by atoms with van der Waals surface area (Å²) >= 11 is 6.10. The van der Waals surface area contributed by atoms with Gasteiger partial charge < -0.3 is 20.8 Å². The third-order valence-electron chi connectivity index (χ3n) is 4.76. The molecule has 2 amide bonds. The van der Waals surface area contributed by atoms with Gasteiger partial charge in [0, 0.05) is 22.7 Å². The normalized spacial score (nSPS) is 21.6. The second-order valence-corrected chi connectivity index (χ2v) is 7.27. The van der Waals surface area contributed by atoms with Crippen molar-refractivity contribution in [1.29, 1.82) is 0 Å². The highest BCUT2D eigenvalue weighted by atomic mass is 35.5. The molecule has 0 heterocycles. The fourth-order valence-corrected chi connectivity index (χ4v) is 3.50. The van der Waals surface area contributed by atoms with Gasteiger partial charge in [-0.3, -0.25) is 9.69 Å². The summed E-state index contributed by atoms with van der Waals surface area (Å²) in [4.78, 5) is 24.8. The van der Waals surface area contributed by atoms with Crippen LogP contribution in [0.1, 0.15) is 32.3 Å². The molecular formula is C18H26ClN3O4. The average molecular weight is 384 g/mol. The van der Waals surface area contributed by atoms with Crippen LogP contribution in [0.5, 0.6) is 0 Å². The summed E-state index contributed by atoms with van der Waals surface area (Å²) in [6.45, 7) is 4.22. The summed E-state index contributed by atoms with van der Waals surface area (Å²) in [5.74, 6) is -0.845. The van der Waals surface area contributed by atoms with Crippen LogP contribution in [0.25, 0.3) is 0 Å². The van der Waals surface area contributed by atoms with Crippen molar-refractivity contribution >= 4 is 23.6 Å². The molecule has 1 atom stereocenters. The Labute approximate surface area is 158 Å². The van der Waals surface area contributed by atoms with Crippen LogP contribution in [-0.4, -0.2) is 58.8 Å². The summed E-state index contributed by atoms with van der Waals surface area (Å²) in [6, 6.07) is 6.79. The molecule has 0 aliphatic heterocycles. The Hall–Kier alpha value is -1.83. The van der Waals surface area contributed by atoms with Gasteiger partial charge in [0.05, 0.1) is 13.1 Å². The first kappa shape index (κ1) is 20.5. The zero-order chi connectivity index (χ0) is 19.3. The number of nitrogens with one attached hydrogen (secondary N) is 2. The van der Waals surface area contributed by atoms with Crippen molar-refractivity contribution in [2.75, 3.05) is 19.6 Å². The van der Waals surface area contributed by atoms with E-state index < -0.39 is 11.6 Å². The molecule has 1 saturated carbocycles. The number of hydrogen-bond acceptors (Lipinski definition) is 4. The van der Waals surface area contributed by atoms with Crippen molar-refractivity contribution in [3.63, 3.8) is 0 Å². The minimum Gasteiger partial charge on any atom is -0.480 e. The lowest BCUT2D eigenvalue weighted by Crippen LogP contribution is -2.57. The van der Waals surface area contributed by atoms with E-state index in [2.05, 4.69) is 10.6 Å². The predicted octanol–water partition coefficient (Wildman–Crippen LogP) is 1.78. The molecule has 144 valence electrons. The summed E-state index contributed by atoms with van der Waals surface area (Å²) in [7, 11) is 0. The molecule has 26 heavy (non-hydrogen) atoms. The lowest BCUT2D eigenvalue weighted by atomic mass is 9.85. The monoisotopic (exact) mass is 383 g/mol. The van der Waals surface area contributed by atoms with Gasteiger partial charge in [0.1, 0.15) is 5.60 Å². The van der Waals surface area contributed by atoms with Gasteiger partial charge in [0.25, 0.3) is 0 Å². The molecule has 0 radical (unpaired) electrons. The fourth-order valence-electron chi connectivity index (χ4n) is 3.16. The Bertz CT molecular complexity index is 647. The van der Waals surface area contributed by atoms with Crippen molar-refractivity contribution in [1.82, 2.24) is 15.5 Å². The summed E-state index contributed by atoms with van der Waals surface area (Å²) in [5.41, 5.74) is -0.726. The van der Waals surface area contributed by atoms with Gasteiger partial charge in [-0.1, -0.05) is 36.7 Å². The number of aliphatic carboxylic acids is 1. The van der Waals surface area contributed by atoms with E-state index in [1.54, 1.807) is 31.2 Å².